The highest BCUT2D eigenvalue weighted by molar-refractivity contribution is 5.94. The van der Waals surface area contributed by atoms with Crippen LogP contribution < -0.4 is 9.80 Å². The molecule has 8 nitrogen and oxygen atoms in total. The Kier molecular flexibility index (Phi) is 8.63. The van der Waals surface area contributed by atoms with Gasteiger partial charge >= 0.3 is 5.97 Å². The number of hydrogen-bond acceptors (Lipinski definition) is 7. The molecule has 2 saturated heterocycles. The third-order valence-corrected chi connectivity index (χ3v) is 9.92. The topological polar surface area (TPSA) is 76.6 Å². The minimum atomic E-state index is -0.602. The molecule has 3 aromatic rings. The fourth-order valence-corrected chi connectivity index (χ4v) is 7.46. The molecule has 1 atom stereocenters. The van der Waals surface area contributed by atoms with Crippen LogP contribution in [0.15, 0.2) is 78.9 Å². The van der Waals surface area contributed by atoms with Crippen LogP contribution in [0.4, 0.5) is 11.4 Å². The van der Waals surface area contributed by atoms with Crippen LogP contribution in [0.1, 0.15) is 75.4 Å². The Morgan fingerprint density at radius 3 is 2.35 bits per heavy atom. The maximum Gasteiger partial charge on any atom is 0.338 e. The number of fused-ring (bicyclic) bond motifs is 1. The van der Waals surface area contributed by atoms with Gasteiger partial charge in [-0.3, -0.25) is 4.79 Å². The summed E-state index contributed by atoms with van der Waals surface area (Å²) < 4.78 is 5.58. The molecular formula is C38H48N4O4. The Hall–Kier alpha value is -3.88. The van der Waals surface area contributed by atoms with Crippen LogP contribution in [0, 0.1) is 0 Å². The minimum absolute atomic E-state index is 0.151. The van der Waals surface area contributed by atoms with Gasteiger partial charge in [0.25, 0.3) is 0 Å². The fourth-order valence-electron chi connectivity index (χ4n) is 7.46. The maximum atomic E-state index is 14.3. The van der Waals surface area contributed by atoms with Gasteiger partial charge in [-0.1, -0.05) is 62.4 Å². The summed E-state index contributed by atoms with van der Waals surface area (Å²) >= 11 is 0. The third-order valence-electron chi connectivity index (χ3n) is 9.92. The highest BCUT2D eigenvalue weighted by Gasteiger charge is 2.53. The van der Waals surface area contributed by atoms with Gasteiger partial charge in [-0.05, 0) is 88.0 Å². The van der Waals surface area contributed by atoms with Crippen LogP contribution in [-0.4, -0.2) is 77.0 Å². The molecule has 3 aromatic carbocycles. The number of ether oxygens (including phenoxy) is 1. The summed E-state index contributed by atoms with van der Waals surface area (Å²) in [5.41, 5.74) is 3.30. The molecule has 3 heterocycles. The molecule has 1 spiro atoms. The summed E-state index contributed by atoms with van der Waals surface area (Å²) in [5, 5.41) is 11.1. The number of carbonyl (C=O) groups is 2. The zero-order valence-electron chi connectivity index (χ0n) is 27.9. The van der Waals surface area contributed by atoms with Crippen LogP contribution in [0.5, 0.6) is 0 Å². The molecule has 0 aliphatic carbocycles. The first-order valence-corrected chi connectivity index (χ1v) is 16.6. The number of aliphatic hydroxyl groups excluding tert-OH is 1. The van der Waals surface area contributed by atoms with E-state index in [9.17, 15) is 14.7 Å². The Balaban J connectivity index is 1.12. The number of carbonyl (C=O) groups excluding carboxylic acids is 2. The van der Waals surface area contributed by atoms with Crippen molar-refractivity contribution in [1.29, 1.82) is 0 Å². The van der Waals surface area contributed by atoms with Crippen LogP contribution in [0.25, 0.3) is 0 Å². The molecule has 6 rings (SSSR count). The van der Waals surface area contributed by atoms with E-state index < -0.39 is 17.4 Å². The van der Waals surface area contributed by atoms with E-state index in [2.05, 4.69) is 52.8 Å². The summed E-state index contributed by atoms with van der Waals surface area (Å²) in [6.07, 6.45) is 1.89. The summed E-state index contributed by atoms with van der Waals surface area (Å²) in [6.45, 7) is 14.1. The minimum Gasteiger partial charge on any atom is -0.456 e. The lowest BCUT2D eigenvalue weighted by molar-refractivity contribution is -0.134. The van der Waals surface area contributed by atoms with E-state index >= 15 is 0 Å². The number of likely N-dealkylation sites (tertiary alicyclic amines) is 1. The molecule has 3 aliphatic rings. The fraction of sp³-hybridized carbons (Fsp3) is 0.474. The summed E-state index contributed by atoms with van der Waals surface area (Å²) in [5.74, 6) is -0.207. The van der Waals surface area contributed by atoms with Crippen LogP contribution >= 0.6 is 0 Å². The first-order valence-electron chi connectivity index (χ1n) is 16.6. The molecule has 0 aromatic heterocycles. The van der Waals surface area contributed by atoms with E-state index in [-0.39, 0.29) is 17.3 Å². The second kappa shape index (κ2) is 12.4. The van der Waals surface area contributed by atoms with E-state index in [1.807, 2.05) is 74.2 Å². The Morgan fingerprint density at radius 1 is 0.935 bits per heavy atom. The van der Waals surface area contributed by atoms with Crippen LogP contribution in [0.2, 0.25) is 0 Å². The third kappa shape index (κ3) is 6.13. The normalized spacial score (nSPS) is 20.8. The van der Waals surface area contributed by atoms with Crippen molar-refractivity contribution in [3.8, 4) is 0 Å². The van der Waals surface area contributed by atoms with Crippen molar-refractivity contribution in [3.05, 3.63) is 95.6 Å². The number of piperidine rings is 1. The van der Waals surface area contributed by atoms with E-state index in [1.165, 1.54) is 5.56 Å². The summed E-state index contributed by atoms with van der Waals surface area (Å²) in [7, 11) is 0. The molecule has 3 aliphatic heterocycles. The van der Waals surface area contributed by atoms with Crippen LogP contribution in [0.3, 0.4) is 0 Å². The number of anilines is 2. The first-order chi connectivity index (χ1) is 21.9. The number of amides is 1. The molecule has 0 bridgehead atoms. The number of hydrogen-bond donors (Lipinski definition) is 1. The SMILES string of the molecule is CC(C)(C)OC(=O)c1cccc(CN2CN(c3ccccc3)C3(CCN(CCCN4c5ccccc5C(C)(C)C4O)CC3)C2=O)c1. The standard InChI is InChI=1S/C38H48N4O4/c1-36(2,3)46-33(43)29-14-11-13-28(25-29)26-40-27-42(30-15-7-6-8-16-30)38(35(40)45)19-23-39(24-20-38)21-12-22-41-32-18-10-9-17-31(32)37(4,5)34(41)44/h6-11,13-18,25,34,44H,12,19-24,26-27H2,1-5H3. The number of nitrogens with zero attached hydrogens (tertiary/aromatic N) is 4. The molecule has 1 amide bonds. The molecule has 0 saturated carbocycles. The number of para-hydroxylation sites is 2. The van der Waals surface area contributed by atoms with Gasteiger partial charge in [-0.15, -0.1) is 0 Å². The van der Waals surface area contributed by atoms with Gasteiger partial charge in [-0.2, -0.15) is 0 Å². The van der Waals surface area contributed by atoms with Crippen molar-refractivity contribution in [2.24, 2.45) is 0 Å². The summed E-state index contributed by atoms with van der Waals surface area (Å²) in [6, 6.07) is 26.0. The molecule has 8 heteroatoms. The second-order valence-corrected chi connectivity index (χ2v) is 14.6. The molecule has 244 valence electrons. The number of rotatable bonds is 8. The van der Waals surface area contributed by atoms with E-state index in [0.29, 0.717) is 18.8 Å². The highest BCUT2D eigenvalue weighted by Crippen LogP contribution is 2.44. The highest BCUT2D eigenvalue weighted by atomic mass is 16.6. The largest absolute Gasteiger partial charge is 0.456 e. The van der Waals surface area contributed by atoms with E-state index in [0.717, 1.165) is 62.4 Å². The first kappa shape index (κ1) is 32.1. The van der Waals surface area contributed by atoms with Gasteiger partial charge < -0.3 is 29.4 Å². The molecule has 0 radical (unpaired) electrons. The van der Waals surface area contributed by atoms with Gasteiger partial charge in [0.2, 0.25) is 5.91 Å². The van der Waals surface area contributed by atoms with Crippen molar-refractivity contribution in [2.45, 2.75) is 83.2 Å². The zero-order valence-corrected chi connectivity index (χ0v) is 27.9. The van der Waals surface area contributed by atoms with E-state index in [4.69, 9.17) is 4.74 Å². The monoisotopic (exact) mass is 624 g/mol. The zero-order chi connectivity index (χ0) is 32.7. The lowest BCUT2D eigenvalue weighted by Gasteiger charge is -2.43. The van der Waals surface area contributed by atoms with Gasteiger partial charge in [-0.25, -0.2) is 4.79 Å². The van der Waals surface area contributed by atoms with Crippen molar-refractivity contribution >= 4 is 23.3 Å². The lowest BCUT2D eigenvalue weighted by Crippen LogP contribution is -2.56. The molecule has 1 N–H and O–H groups in total. The maximum absolute atomic E-state index is 14.3. The van der Waals surface area contributed by atoms with Gasteiger partial charge in [0.05, 0.1) is 12.2 Å². The Bertz CT molecular complexity index is 1560. The van der Waals surface area contributed by atoms with E-state index in [1.54, 1.807) is 6.07 Å². The van der Waals surface area contributed by atoms with Crippen molar-refractivity contribution in [2.75, 3.05) is 42.6 Å². The quantitative estimate of drug-likeness (QED) is 0.318. The van der Waals surface area contributed by atoms with Crippen molar-refractivity contribution in [3.63, 3.8) is 0 Å². The smallest absolute Gasteiger partial charge is 0.338 e. The molecular weight excluding hydrogens is 576 g/mol. The predicted octanol–water partition coefficient (Wildman–Crippen LogP) is 5.79. The summed E-state index contributed by atoms with van der Waals surface area (Å²) in [4.78, 5) is 35.9. The van der Waals surface area contributed by atoms with Crippen LogP contribution in [-0.2, 0) is 21.5 Å². The van der Waals surface area contributed by atoms with Crippen molar-refractivity contribution < 1.29 is 19.4 Å². The van der Waals surface area contributed by atoms with Crippen molar-refractivity contribution in [1.82, 2.24) is 9.80 Å². The molecule has 46 heavy (non-hydrogen) atoms. The van der Waals surface area contributed by atoms with Gasteiger partial charge in [0.15, 0.2) is 0 Å². The molecule has 1 unspecified atom stereocenters. The average Bonchev–Trinajstić information content (AvgIpc) is 3.40. The number of benzene rings is 3. The molecule has 2 fully saturated rings. The predicted molar refractivity (Wildman–Crippen MR) is 182 cm³/mol. The lowest BCUT2D eigenvalue weighted by atomic mass is 9.85. The Morgan fingerprint density at radius 2 is 1.63 bits per heavy atom. The number of esters is 1. The Labute approximate surface area is 273 Å². The average molecular weight is 625 g/mol. The number of aliphatic hydroxyl groups is 1. The second-order valence-electron chi connectivity index (χ2n) is 14.6. The van der Waals surface area contributed by atoms with Gasteiger partial charge in [0.1, 0.15) is 17.4 Å². The van der Waals surface area contributed by atoms with Gasteiger partial charge in [0, 0.05) is 43.0 Å².